The highest BCUT2D eigenvalue weighted by Crippen LogP contribution is 2.26. The maximum absolute atomic E-state index is 11.0. The Bertz CT molecular complexity index is 559. The number of halogens is 1. The summed E-state index contributed by atoms with van der Waals surface area (Å²) in [5, 5.41) is 10.7. The number of fused-ring (bicyclic) bond motifs is 1. The molecule has 1 unspecified atom stereocenters. The van der Waals surface area contributed by atoms with Crippen molar-refractivity contribution < 1.29 is 9.90 Å². The molecule has 0 spiro atoms. The Morgan fingerprint density at radius 1 is 1.44 bits per heavy atom. The molecule has 1 N–H and O–H groups in total. The van der Waals surface area contributed by atoms with Crippen molar-refractivity contribution in [2.24, 2.45) is 0 Å². The molecule has 16 heavy (non-hydrogen) atoms. The number of carboxylic acids is 1. The Balaban J connectivity index is 2.69. The van der Waals surface area contributed by atoms with Gasteiger partial charge in [-0.1, -0.05) is 11.6 Å². The summed E-state index contributed by atoms with van der Waals surface area (Å²) in [7, 11) is 0. The van der Waals surface area contributed by atoms with E-state index in [1.54, 1.807) is 17.6 Å². The van der Waals surface area contributed by atoms with E-state index in [0.29, 0.717) is 5.02 Å². The van der Waals surface area contributed by atoms with E-state index in [4.69, 9.17) is 16.7 Å². The minimum Gasteiger partial charge on any atom is -0.480 e. The summed E-state index contributed by atoms with van der Waals surface area (Å²) in [6, 6.07) is 6.84. The summed E-state index contributed by atoms with van der Waals surface area (Å²) >= 11 is 5.90. The lowest BCUT2D eigenvalue weighted by molar-refractivity contribution is -0.140. The Hall–Kier alpha value is -1.48. The molecule has 0 saturated carbocycles. The molecule has 2 rings (SSSR count). The van der Waals surface area contributed by atoms with Crippen LogP contribution in [0.2, 0.25) is 5.02 Å². The quantitative estimate of drug-likeness (QED) is 0.871. The fraction of sp³-hybridized carbons (Fsp3) is 0.250. The highest BCUT2D eigenvalue weighted by atomic mass is 35.5. The third-order valence-corrected chi connectivity index (χ3v) is 2.97. The van der Waals surface area contributed by atoms with Gasteiger partial charge in [-0.2, -0.15) is 0 Å². The number of carbonyl (C=O) groups is 1. The molecule has 4 heteroatoms. The molecule has 1 atom stereocenters. The van der Waals surface area contributed by atoms with Crippen LogP contribution in [0.3, 0.4) is 0 Å². The zero-order chi connectivity index (χ0) is 11.9. The predicted molar refractivity (Wildman–Crippen MR) is 64.0 cm³/mol. The second-order valence-corrected chi connectivity index (χ2v) is 4.31. The van der Waals surface area contributed by atoms with Crippen LogP contribution in [-0.2, 0) is 4.79 Å². The maximum atomic E-state index is 11.0. The number of hydrogen-bond donors (Lipinski definition) is 1. The van der Waals surface area contributed by atoms with Crippen molar-refractivity contribution >= 4 is 28.5 Å². The number of nitrogens with zero attached hydrogens (tertiary/aromatic N) is 1. The zero-order valence-electron chi connectivity index (χ0n) is 9.07. The second kappa shape index (κ2) is 3.83. The van der Waals surface area contributed by atoms with Crippen LogP contribution in [0.25, 0.3) is 10.9 Å². The molecule has 0 saturated heterocycles. The summed E-state index contributed by atoms with van der Waals surface area (Å²) in [5.74, 6) is -0.837. The number of hydrogen-bond acceptors (Lipinski definition) is 1. The lowest BCUT2D eigenvalue weighted by atomic mass is 10.2. The van der Waals surface area contributed by atoms with Crippen molar-refractivity contribution in [2.45, 2.75) is 19.9 Å². The minimum atomic E-state index is -0.837. The van der Waals surface area contributed by atoms with E-state index in [1.807, 2.05) is 25.1 Å². The summed E-state index contributed by atoms with van der Waals surface area (Å²) < 4.78 is 1.80. The van der Waals surface area contributed by atoms with Crippen LogP contribution in [-0.4, -0.2) is 15.6 Å². The van der Waals surface area contributed by atoms with Crippen LogP contribution >= 0.6 is 11.6 Å². The molecule has 1 heterocycles. The van der Waals surface area contributed by atoms with Crippen molar-refractivity contribution in [1.29, 1.82) is 0 Å². The molecular weight excluding hydrogens is 226 g/mol. The Labute approximate surface area is 98.3 Å². The van der Waals surface area contributed by atoms with E-state index in [0.717, 1.165) is 16.6 Å². The monoisotopic (exact) mass is 237 g/mol. The number of carboxylic acid groups (broad SMARTS) is 1. The average Bonchev–Trinajstić information content (AvgIpc) is 2.51. The third kappa shape index (κ3) is 1.67. The van der Waals surface area contributed by atoms with Crippen LogP contribution in [0.4, 0.5) is 0 Å². The van der Waals surface area contributed by atoms with Gasteiger partial charge in [-0.05, 0) is 38.1 Å². The summed E-state index contributed by atoms with van der Waals surface area (Å²) in [4.78, 5) is 11.0. The molecule has 1 aromatic heterocycles. The van der Waals surface area contributed by atoms with Crippen LogP contribution in [0.5, 0.6) is 0 Å². The van der Waals surface area contributed by atoms with E-state index < -0.39 is 12.0 Å². The topological polar surface area (TPSA) is 42.2 Å². The molecule has 0 bridgehead atoms. The summed E-state index contributed by atoms with van der Waals surface area (Å²) in [5.41, 5.74) is 1.82. The van der Waals surface area contributed by atoms with E-state index in [-0.39, 0.29) is 0 Å². The van der Waals surface area contributed by atoms with Gasteiger partial charge in [0.1, 0.15) is 6.04 Å². The first-order valence-corrected chi connectivity index (χ1v) is 5.38. The van der Waals surface area contributed by atoms with E-state index in [2.05, 4.69) is 0 Å². The van der Waals surface area contributed by atoms with E-state index >= 15 is 0 Å². The predicted octanol–water partition coefficient (Wildman–Crippen LogP) is 3.25. The van der Waals surface area contributed by atoms with Gasteiger partial charge in [0.2, 0.25) is 0 Å². The van der Waals surface area contributed by atoms with Gasteiger partial charge in [-0.15, -0.1) is 0 Å². The molecule has 84 valence electrons. The van der Waals surface area contributed by atoms with Crippen molar-refractivity contribution in [3.8, 4) is 0 Å². The van der Waals surface area contributed by atoms with Gasteiger partial charge >= 0.3 is 5.97 Å². The van der Waals surface area contributed by atoms with Gasteiger partial charge in [-0.3, -0.25) is 0 Å². The van der Waals surface area contributed by atoms with Gasteiger partial charge < -0.3 is 9.67 Å². The number of rotatable bonds is 2. The zero-order valence-corrected chi connectivity index (χ0v) is 9.82. The molecular formula is C12H12ClNO2. The van der Waals surface area contributed by atoms with E-state index in [9.17, 15) is 4.79 Å². The standard InChI is InChI=1S/C12H12ClNO2/c1-7-5-9-6-10(13)3-4-11(9)14(7)8(2)12(15)16/h3-6,8H,1-2H3,(H,15,16). The Morgan fingerprint density at radius 3 is 2.75 bits per heavy atom. The SMILES string of the molecule is Cc1cc2cc(Cl)ccc2n1C(C)C(=O)O. The highest BCUT2D eigenvalue weighted by molar-refractivity contribution is 6.31. The Morgan fingerprint density at radius 2 is 2.12 bits per heavy atom. The lowest BCUT2D eigenvalue weighted by Gasteiger charge is -2.12. The first-order valence-electron chi connectivity index (χ1n) is 5.00. The third-order valence-electron chi connectivity index (χ3n) is 2.74. The normalized spacial score (nSPS) is 12.9. The molecule has 0 aliphatic carbocycles. The fourth-order valence-corrected chi connectivity index (χ4v) is 2.15. The molecule has 0 fully saturated rings. The first-order chi connectivity index (χ1) is 7.50. The van der Waals surface area contributed by atoms with Gasteiger partial charge in [0.25, 0.3) is 0 Å². The lowest BCUT2D eigenvalue weighted by Crippen LogP contribution is -2.16. The molecule has 1 aromatic carbocycles. The van der Waals surface area contributed by atoms with Gasteiger partial charge in [-0.25, -0.2) is 4.79 Å². The smallest absolute Gasteiger partial charge is 0.326 e. The van der Waals surface area contributed by atoms with Crippen LogP contribution < -0.4 is 0 Å². The van der Waals surface area contributed by atoms with E-state index in [1.165, 1.54) is 0 Å². The summed E-state index contributed by atoms with van der Waals surface area (Å²) in [6.45, 7) is 3.57. The minimum absolute atomic E-state index is 0.571. The maximum Gasteiger partial charge on any atom is 0.326 e. The largest absolute Gasteiger partial charge is 0.480 e. The molecule has 0 aliphatic rings. The molecule has 2 aromatic rings. The molecule has 0 radical (unpaired) electrons. The molecule has 0 amide bonds. The molecule has 0 aliphatic heterocycles. The highest BCUT2D eigenvalue weighted by Gasteiger charge is 2.17. The molecule has 3 nitrogen and oxygen atoms in total. The van der Waals surface area contributed by atoms with Crippen molar-refractivity contribution in [3.05, 3.63) is 35.0 Å². The number of aryl methyl sites for hydroxylation is 1. The number of benzene rings is 1. The Kier molecular flexibility index (Phi) is 2.64. The van der Waals surface area contributed by atoms with Crippen molar-refractivity contribution in [1.82, 2.24) is 4.57 Å². The number of aromatic nitrogens is 1. The van der Waals surface area contributed by atoms with Gasteiger partial charge in [0, 0.05) is 21.6 Å². The van der Waals surface area contributed by atoms with Gasteiger partial charge in [0.05, 0.1) is 0 Å². The van der Waals surface area contributed by atoms with Crippen LogP contribution in [0.15, 0.2) is 24.3 Å². The van der Waals surface area contributed by atoms with Crippen molar-refractivity contribution in [2.75, 3.05) is 0 Å². The van der Waals surface area contributed by atoms with Crippen LogP contribution in [0, 0.1) is 6.92 Å². The van der Waals surface area contributed by atoms with Gasteiger partial charge in [0.15, 0.2) is 0 Å². The number of aliphatic carboxylic acids is 1. The fourth-order valence-electron chi connectivity index (χ4n) is 1.97. The average molecular weight is 238 g/mol. The van der Waals surface area contributed by atoms with Crippen molar-refractivity contribution in [3.63, 3.8) is 0 Å². The second-order valence-electron chi connectivity index (χ2n) is 3.87. The summed E-state index contributed by atoms with van der Waals surface area (Å²) in [6.07, 6.45) is 0. The first kappa shape index (κ1) is 11.0. The van der Waals surface area contributed by atoms with Crippen LogP contribution in [0.1, 0.15) is 18.7 Å².